The normalized spacial score (nSPS) is 20.9. The van der Waals surface area contributed by atoms with Gasteiger partial charge in [0.25, 0.3) is 5.91 Å². The van der Waals surface area contributed by atoms with Gasteiger partial charge in [0.05, 0.1) is 13.7 Å². The number of ether oxygens (including phenoxy) is 1. The lowest BCUT2D eigenvalue weighted by Crippen LogP contribution is -2.41. The SMILES string of the molecule is COc1ccc([C@@]2(C)NC(=O)N(CC(=O)c3ccc(N4CCCC4=O)cc3)C2=O)cc1. The van der Waals surface area contributed by atoms with Crippen LogP contribution in [-0.4, -0.2) is 48.7 Å². The van der Waals surface area contributed by atoms with Crippen molar-refractivity contribution in [1.29, 1.82) is 0 Å². The second kappa shape index (κ2) is 7.86. The number of urea groups is 1. The van der Waals surface area contributed by atoms with Crippen LogP contribution >= 0.6 is 0 Å². The van der Waals surface area contributed by atoms with Crippen LogP contribution in [0.1, 0.15) is 35.7 Å². The number of carbonyl (C=O) groups excluding carboxylic acids is 4. The van der Waals surface area contributed by atoms with Gasteiger partial charge in [-0.1, -0.05) is 12.1 Å². The molecule has 0 spiro atoms. The number of methoxy groups -OCH3 is 1. The molecule has 2 aliphatic rings. The smallest absolute Gasteiger partial charge is 0.325 e. The van der Waals surface area contributed by atoms with E-state index < -0.39 is 17.5 Å². The zero-order valence-electron chi connectivity index (χ0n) is 17.4. The van der Waals surface area contributed by atoms with Crippen LogP contribution in [0.4, 0.5) is 10.5 Å². The highest BCUT2D eigenvalue weighted by Gasteiger charge is 2.49. The van der Waals surface area contributed by atoms with Crippen molar-refractivity contribution in [1.82, 2.24) is 10.2 Å². The summed E-state index contributed by atoms with van der Waals surface area (Å²) in [6.07, 6.45) is 1.35. The number of carbonyl (C=O) groups is 4. The Morgan fingerprint density at radius 1 is 1.06 bits per heavy atom. The molecule has 8 heteroatoms. The second-order valence-corrected chi connectivity index (χ2v) is 7.79. The fourth-order valence-corrected chi connectivity index (χ4v) is 3.94. The molecule has 1 atom stereocenters. The summed E-state index contributed by atoms with van der Waals surface area (Å²) < 4.78 is 5.13. The van der Waals surface area contributed by atoms with Crippen LogP contribution in [0.3, 0.4) is 0 Å². The van der Waals surface area contributed by atoms with E-state index in [0.717, 1.165) is 17.0 Å². The fourth-order valence-electron chi connectivity index (χ4n) is 3.94. The highest BCUT2D eigenvalue weighted by atomic mass is 16.5. The van der Waals surface area contributed by atoms with Gasteiger partial charge in [-0.25, -0.2) is 4.79 Å². The van der Waals surface area contributed by atoms with E-state index in [2.05, 4.69) is 5.32 Å². The first kappa shape index (κ1) is 20.6. The predicted molar refractivity (Wildman–Crippen MR) is 113 cm³/mol. The lowest BCUT2D eigenvalue weighted by Gasteiger charge is -2.22. The molecule has 0 radical (unpaired) electrons. The summed E-state index contributed by atoms with van der Waals surface area (Å²) in [4.78, 5) is 52.8. The van der Waals surface area contributed by atoms with E-state index in [4.69, 9.17) is 4.74 Å². The molecule has 160 valence electrons. The molecule has 0 aromatic heterocycles. The summed E-state index contributed by atoms with van der Waals surface area (Å²) in [7, 11) is 1.54. The van der Waals surface area contributed by atoms with Gasteiger partial charge in [-0.3, -0.25) is 19.3 Å². The van der Waals surface area contributed by atoms with Crippen LogP contribution in [0.2, 0.25) is 0 Å². The molecule has 0 saturated carbocycles. The predicted octanol–water partition coefficient (Wildman–Crippen LogP) is 2.47. The molecule has 1 N–H and O–H groups in total. The third kappa shape index (κ3) is 3.65. The van der Waals surface area contributed by atoms with Gasteiger partial charge in [0.2, 0.25) is 5.91 Å². The Labute approximate surface area is 179 Å². The van der Waals surface area contributed by atoms with E-state index >= 15 is 0 Å². The number of hydrogen-bond acceptors (Lipinski definition) is 5. The lowest BCUT2D eigenvalue weighted by atomic mass is 9.92. The van der Waals surface area contributed by atoms with Gasteiger partial charge < -0.3 is 15.0 Å². The second-order valence-electron chi connectivity index (χ2n) is 7.79. The third-order valence-corrected chi connectivity index (χ3v) is 5.82. The molecule has 0 aliphatic carbocycles. The molecule has 0 unspecified atom stereocenters. The van der Waals surface area contributed by atoms with Gasteiger partial charge in [0, 0.05) is 24.2 Å². The summed E-state index contributed by atoms with van der Waals surface area (Å²) >= 11 is 0. The first-order valence-electron chi connectivity index (χ1n) is 10.1. The maximum Gasteiger partial charge on any atom is 0.325 e. The molecule has 2 saturated heterocycles. The van der Waals surface area contributed by atoms with Crippen LogP contribution < -0.4 is 15.0 Å². The molecule has 2 heterocycles. The summed E-state index contributed by atoms with van der Waals surface area (Å²) in [6.45, 7) is 1.91. The Kier molecular flexibility index (Phi) is 5.22. The zero-order chi connectivity index (χ0) is 22.2. The number of amides is 4. The maximum atomic E-state index is 13.0. The Morgan fingerprint density at radius 2 is 1.74 bits per heavy atom. The molecule has 8 nitrogen and oxygen atoms in total. The Morgan fingerprint density at radius 3 is 2.32 bits per heavy atom. The summed E-state index contributed by atoms with van der Waals surface area (Å²) in [5, 5.41) is 2.69. The monoisotopic (exact) mass is 421 g/mol. The zero-order valence-corrected chi connectivity index (χ0v) is 17.4. The summed E-state index contributed by atoms with van der Waals surface area (Å²) in [5.74, 6) is -0.149. The van der Waals surface area contributed by atoms with Crippen molar-refractivity contribution < 1.29 is 23.9 Å². The molecule has 2 aromatic rings. The first-order valence-corrected chi connectivity index (χ1v) is 10.1. The van der Waals surface area contributed by atoms with Gasteiger partial charge >= 0.3 is 6.03 Å². The number of benzene rings is 2. The molecular weight excluding hydrogens is 398 g/mol. The van der Waals surface area contributed by atoms with Crippen molar-refractivity contribution in [2.45, 2.75) is 25.3 Å². The Balaban J connectivity index is 1.48. The van der Waals surface area contributed by atoms with Crippen LogP contribution in [0.5, 0.6) is 5.75 Å². The number of Topliss-reactive ketones (excluding diaryl/α,β-unsaturated/α-hetero) is 1. The standard InChI is InChI=1S/C23H23N3O5/c1-23(16-7-11-18(31-2)12-8-16)21(29)26(22(30)24-23)14-19(27)15-5-9-17(10-6-15)25-13-3-4-20(25)28/h5-12H,3-4,13-14H2,1-2H3,(H,24,30)/t23-/m1/s1. The summed E-state index contributed by atoms with van der Waals surface area (Å²) in [6, 6.07) is 12.9. The third-order valence-electron chi connectivity index (χ3n) is 5.82. The molecule has 4 amide bonds. The minimum atomic E-state index is -1.26. The van der Waals surface area contributed by atoms with Gasteiger partial charge in [-0.15, -0.1) is 0 Å². The first-order chi connectivity index (χ1) is 14.8. The van der Waals surface area contributed by atoms with E-state index in [0.29, 0.717) is 29.8 Å². The number of nitrogens with one attached hydrogen (secondary N) is 1. The van der Waals surface area contributed by atoms with Crippen molar-refractivity contribution in [2.75, 3.05) is 25.1 Å². The molecule has 4 rings (SSSR count). The van der Waals surface area contributed by atoms with E-state index in [1.807, 2.05) is 0 Å². The van der Waals surface area contributed by atoms with Crippen LogP contribution in [0, 0.1) is 0 Å². The maximum absolute atomic E-state index is 13.0. The molecule has 2 fully saturated rings. The number of hydrogen-bond donors (Lipinski definition) is 1. The van der Waals surface area contributed by atoms with E-state index in [9.17, 15) is 19.2 Å². The van der Waals surface area contributed by atoms with Crippen molar-refractivity contribution in [3.63, 3.8) is 0 Å². The van der Waals surface area contributed by atoms with Crippen molar-refractivity contribution in [3.8, 4) is 5.75 Å². The van der Waals surface area contributed by atoms with Crippen molar-refractivity contribution >= 4 is 29.3 Å². The molecule has 2 aromatic carbocycles. The average molecular weight is 421 g/mol. The van der Waals surface area contributed by atoms with Crippen LogP contribution in [0.25, 0.3) is 0 Å². The lowest BCUT2D eigenvalue weighted by molar-refractivity contribution is -0.130. The quantitative estimate of drug-likeness (QED) is 0.571. The minimum Gasteiger partial charge on any atom is -0.497 e. The van der Waals surface area contributed by atoms with Crippen molar-refractivity contribution in [3.05, 3.63) is 59.7 Å². The summed E-state index contributed by atoms with van der Waals surface area (Å²) in [5.41, 5.74) is 0.445. The Hall–Kier alpha value is -3.68. The minimum absolute atomic E-state index is 0.0660. The van der Waals surface area contributed by atoms with E-state index in [1.165, 1.54) is 0 Å². The van der Waals surface area contributed by atoms with Crippen molar-refractivity contribution in [2.24, 2.45) is 0 Å². The highest BCUT2D eigenvalue weighted by molar-refractivity contribution is 6.11. The molecular formula is C23H23N3O5. The van der Waals surface area contributed by atoms with Gasteiger partial charge in [0.1, 0.15) is 11.3 Å². The van der Waals surface area contributed by atoms with Crippen LogP contribution in [-0.2, 0) is 15.1 Å². The topological polar surface area (TPSA) is 96.0 Å². The Bertz CT molecular complexity index is 1050. The largest absolute Gasteiger partial charge is 0.497 e. The van der Waals surface area contributed by atoms with Gasteiger partial charge in [-0.2, -0.15) is 0 Å². The van der Waals surface area contributed by atoms with Crippen LogP contribution in [0.15, 0.2) is 48.5 Å². The fraction of sp³-hybridized carbons (Fsp3) is 0.304. The van der Waals surface area contributed by atoms with E-state index in [1.54, 1.807) is 67.5 Å². The number of anilines is 1. The van der Waals surface area contributed by atoms with Gasteiger partial charge in [0.15, 0.2) is 5.78 Å². The average Bonchev–Trinajstić information content (AvgIpc) is 3.30. The number of ketones is 1. The van der Waals surface area contributed by atoms with E-state index in [-0.39, 0.29) is 18.2 Å². The molecule has 0 bridgehead atoms. The number of rotatable bonds is 6. The molecule has 31 heavy (non-hydrogen) atoms. The number of nitrogens with zero attached hydrogens (tertiary/aromatic N) is 2. The highest BCUT2D eigenvalue weighted by Crippen LogP contribution is 2.30. The van der Waals surface area contributed by atoms with Gasteiger partial charge in [-0.05, 0) is 55.3 Å². The number of imide groups is 1. The molecule has 2 aliphatic heterocycles.